The van der Waals surface area contributed by atoms with Crippen LogP contribution in [0.4, 0.5) is 5.69 Å². The lowest BCUT2D eigenvalue weighted by atomic mass is 10.1. The second-order valence-electron chi connectivity index (χ2n) is 3.69. The Morgan fingerprint density at radius 3 is 2.71 bits per heavy atom. The molecule has 0 saturated heterocycles. The molecule has 2 N–H and O–H groups in total. The van der Waals surface area contributed by atoms with Crippen molar-refractivity contribution < 1.29 is 9.90 Å². The number of rotatable bonds is 4. The second kappa shape index (κ2) is 5.61. The zero-order valence-corrected chi connectivity index (χ0v) is 9.98. The molecule has 0 bridgehead atoms. The van der Waals surface area contributed by atoms with E-state index in [1.54, 1.807) is 0 Å². The van der Waals surface area contributed by atoms with Crippen molar-refractivity contribution in [1.29, 1.82) is 0 Å². The van der Waals surface area contributed by atoms with Crippen LogP contribution in [-0.2, 0) is 4.79 Å². The lowest BCUT2D eigenvalue weighted by molar-refractivity contribution is -0.118. The molecule has 3 nitrogen and oxygen atoms in total. The van der Waals surface area contributed by atoms with Crippen molar-refractivity contribution in [2.75, 3.05) is 5.32 Å². The van der Waals surface area contributed by atoms with Crippen molar-refractivity contribution in [3.8, 4) is 0 Å². The van der Waals surface area contributed by atoms with Gasteiger partial charge in [0.2, 0.25) is 5.91 Å². The fraction of sp³-hybridized carbons (Fsp3) is 0.154. The van der Waals surface area contributed by atoms with Gasteiger partial charge in [0, 0.05) is 5.38 Å². The van der Waals surface area contributed by atoms with E-state index in [1.165, 1.54) is 11.3 Å². The van der Waals surface area contributed by atoms with E-state index < -0.39 is 6.10 Å². The van der Waals surface area contributed by atoms with Crippen LogP contribution < -0.4 is 5.32 Å². The van der Waals surface area contributed by atoms with Gasteiger partial charge in [0.05, 0.1) is 18.2 Å². The van der Waals surface area contributed by atoms with Crippen LogP contribution >= 0.6 is 11.3 Å². The molecule has 4 heteroatoms. The summed E-state index contributed by atoms with van der Waals surface area (Å²) >= 11 is 1.52. The summed E-state index contributed by atoms with van der Waals surface area (Å²) in [5, 5.41) is 16.3. The highest BCUT2D eigenvalue weighted by Crippen LogP contribution is 2.18. The number of carbonyl (C=O) groups is 1. The SMILES string of the molecule is O=C(CC(O)c1ccccc1)Nc1ccsc1. The Kier molecular flexibility index (Phi) is 3.90. The molecule has 1 heterocycles. The monoisotopic (exact) mass is 247 g/mol. The number of aliphatic hydroxyl groups is 1. The zero-order valence-electron chi connectivity index (χ0n) is 9.17. The van der Waals surface area contributed by atoms with Gasteiger partial charge in [-0.05, 0) is 17.0 Å². The van der Waals surface area contributed by atoms with Crippen LogP contribution in [0.3, 0.4) is 0 Å². The summed E-state index contributed by atoms with van der Waals surface area (Å²) in [5.41, 5.74) is 1.54. The van der Waals surface area contributed by atoms with Crippen LogP contribution in [0.25, 0.3) is 0 Å². The standard InChI is InChI=1S/C13H13NO2S/c15-12(10-4-2-1-3-5-10)8-13(16)14-11-6-7-17-9-11/h1-7,9,12,15H,8H2,(H,14,16). The molecule has 0 aliphatic rings. The van der Waals surface area contributed by atoms with Crippen molar-refractivity contribution in [3.63, 3.8) is 0 Å². The summed E-state index contributed by atoms with van der Waals surface area (Å²) in [6.07, 6.45) is -0.685. The maximum atomic E-state index is 11.6. The maximum absolute atomic E-state index is 11.6. The number of carbonyl (C=O) groups excluding carboxylic acids is 1. The first kappa shape index (κ1) is 11.8. The molecule has 0 aliphatic carbocycles. The van der Waals surface area contributed by atoms with Crippen molar-refractivity contribution in [2.24, 2.45) is 0 Å². The van der Waals surface area contributed by atoms with Crippen molar-refractivity contribution in [2.45, 2.75) is 12.5 Å². The first-order valence-corrected chi connectivity index (χ1v) is 6.25. The van der Waals surface area contributed by atoms with Crippen LogP contribution in [0.2, 0.25) is 0 Å². The van der Waals surface area contributed by atoms with Crippen molar-refractivity contribution >= 4 is 22.9 Å². The Bertz CT molecular complexity index is 467. The number of benzene rings is 1. The minimum Gasteiger partial charge on any atom is -0.388 e. The van der Waals surface area contributed by atoms with E-state index >= 15 is 0 Å². The van der Waals surface area contributed by atoms with Crippen molar-refractivity contribution in [1.82, 2.24) is 0 Å². The Morgan fingerprint density at radius 2 is 2.06 bits per heavy atom. The quantitative estimate of drug-likeness (QED) is 0.872. The Hall–Kier alpha value is -1.65. The summed E-state index contributed by atoms with van der Waals surface area (Å²) < 4.78 is 0. The van der Waals surface area contributed by atoms with Gasteiger partial charge in [0.1, 0.15) is 0 Å². The average molecular weight is 247 g/mol. The van der Waals surface area contributed by atoms with Gasteiger partial charge < -0.3 is 10.4 Å². The first-order chi connectivity index (χ1) is 8.25. The molecule has 1 amide bonds. The second-order valence-corrected chi connectivity index (χ2v) is 4.47. The average Bonchev–Trinajstić information content (AvgIpc) is 2.82. The van der Waals surface area contributed by atoms with Gasteiger partial charge in [0.25, 0.3) is 0 Å². The van der Waals surface area contributed by atoms with Gasteiger partial charge in [-0.3, -0.25) is 4.79 Å². The van der Waals surface area contributed by atoms with Gasteiger partial charge in [-0.25, -0.2) is 0 Å². The molecule has 0 saturated carbocycles. The summed E-state index contributed by atoms with van der Waals surface area (Å²) in [5.74, 6) is -0.181. The van der Waals surface area contributed by atoms with E-state index in [0.29, 0.717) is 0 Å². The lowest BCUT2D eigenvalue weighted by Crippen LogP contribution is -2.15. The van der Waals surface area contributed by atoms with Gasteiger partial charge in [-0.1, -0.05) is 30.3 Å². The molecule has 0 radical (unpaired) electrons. The van der Waals surface area contributed by atoms with Crippen LogP contribution in [-0.4, -0.2) is 11.0 Å². The highest BCUT2D eigenvalue weighted by Gasteiger charge is 2.12. The summed E-state index contributed by atoms with van der Waals surface area (Å²) in [6.45, 7) is 0. The molecule has 1 aromatic heterocycles. The number of anilines is 1. The van der Waals surface area contributed by atoms with E-state index in [1.807, 2.05) is 47.2 Å². The molecule has 2 aromatic rings. The molecule has 2 rings (SSSR count). The largest absolute Gasteiger partial charge is 0.388 e. The predicted octanol–water partition coefficient (Wildman–Crippen LogP) is 2.81. The fourth-order valence-electron chi connectivity index (χ4n) is 1.52. The summed E-state index contributed by atoms with van der Waals surface area (Å²) in [6, 6.07) is 11.0. The highest BCUT2D eigenvalue weighted by atomic mass is 32.1. The normalized spacial score (nSPS) is 12.1. The van der Waals surface area contributed by atoms with Crippen molar-refractivity contribution in [3.05, 3.63) is 52.7 Å². The minimum atomic E-state index is -0.755. The number of hydrogen-bond acceptors (Lipinski definition) is 3. The molecule has 17 heavy (non-hydrogen) atoms. The van der Waals surface area contributed by atoms with E-state index in [2.05, 4.69) is 5.32 Å². The third-order valence-electron chi connectivity index (χ3n) is 2.37. The van der Waals surface area contributed by atoms with Gasteiger partial charge >= 0.3 is 0 Å². The lowest BCUT2D eigenvalue weighted by Gasteiger charge is -2.10. The smallest absolute Gasteiger partial charge is 0.227 e. The maximum Gasteiger partial charge on any atom is 0.227 e. The molecule has 0 aliphatic heterocycles. The molecular formula is C13H13NO2S. The van der Waals surface area contributed by atoms with Gasteiger partial charge in [-0.2, -0.15) is 11.3 Å². The van der Waals surface area contributed by atoms with E-state index in [9.17, 15) is 9.90 Å². The zero-order chi connectivity index (χ0) is 12.1. The van der Waals surface area contributed by atoms with Crippen LogP contribution in [0.5, 0.6) is 0 Å². The number of thiophene rings is 1. The van der Waals surface area contributed by atoms with Crippen LogP contribution in [0, 0.1) is 0 Å². The molecule has 1 unspecified atom stereocenters. The molecular weight excluding hydrogens is 234 g/mol. The molecule has 0 fully saturated rings. The van der Waals surface area contributed by atoms with Crippen LogP contribution in [0.15, 0.2) is 47.2 Å². The molecule has 88 valence electrons. The third kappa shape index (κ3) is 3.41. The summed E-state index contributed by atoms with van der Waals surface area (Å²) in [7, 11) is 0. The highest BCUT2D eigenvalue weighted by molar-refractivity contribution is 7.08. The van der Waals surface area contributed by atoms with Gasteiger partial charge in [-0.15, -0.1) is 0 Å². The number of amides is 1. The Labute approximate surface area is 104 Å². The number of hydrogen-bond donors (Lipinski definition) is 2. The van der Waals surface area contributed by atoms with E-state index in [4.69, 9.17) is 0 Å². The van der Waals surface area contributed by atoms with E-state index in [0.717, 1.165) is 11.3 Å². The van der Waals surface area contributed by atoms with Gasteiger partial charge in [0.15, 0.2) is 0 Å². The first-order valence-electron chi connectivity index (χ1n) is 5.31. The topological polar surface area (TPSA) is 49.3 Å². The van der Waals surface area contributed by atoms with E-state index in [-0.39, 0.29) is 12.3 Å². The summed E-state index contributed by atoms with van der Waals surface area (Å²) in [4.78, 5) is 11.6. The Morgan fingerprint density at radius 1 is 1.29 bits per heavy atom. The number of aliphatic hydroxyl groups excluding tert-OH is 1. The molecule has 1 aromatic carbocycles. The fourth-order valence-corrected chi connectivity index (χ4v) is 2.10. The molecule has 1 atom stereocenters. The third-order valence-corrected chi connectivity index (χ3v) is 3.05. The minimum absolute atomic E-state index is 0.0693. The number of nitrogens with one attached hydrogen (secondary N) is 1. The van der Waals surface area contributed by atoms with Crippen LogP contribution in [0.1, 0.15) is 18.1 Å². The molecule has 0 spiro atoms. The predicted molar refractivity (Wildman–Crippen MR) is 69.0 cm³/mol. The Balaban J connectivity index is 1.91.